The van der Waals surface area contributed by atoms with Gasteiger partial charge >= 0.3 is 0 Å². The van der Waals surface area contributed by atoms with Crippen molar-refractivity contribution in [1.29, 1.82) is 0 Å². The van der Waals surface area contributed by atoms with Gasteiger partial charge in [-0.1, -0.05) is 13.0 Å². The second kappa shape index (κ2) is 6.73. The van der Waals surface area contributed by atoms with Gasteiger partial charge in [-0.25, -0.2) is 9.37 Å². The zero-order chi connectivity index (χ0) is 15.5. The second-order valence-electron chi connectivity index (χ2n) is 6.61. The molecule has 0 N–H and O–H groups in total. The summed E-state index contributed by atoms with van der Waals surface area (Å²) >= 11 is 0. The number of hydrogen-bond donors (Lipinski definition) is 0. The lowest BCUT2D eigenvalue weighted by atomic mass is 9.99. The Kier molecular flexibility index (Phi) is 4.71. The van der Waals surface area contributed by atoms with Crippen molar-refractivity contribution in [3.05, 3.63) is 29.6 Å². The highest BCUT2D eigenvalue weighted by Gasteiger charge is 2.27. The molecule has 2 aliphatic heterocycles. The minimum absolute atomic E-state index is 0.144. The van der Waals surface area contributed by atoms with Gasteiger partial charge in [0.25, 0.3) is 5.91 Å². The Morgan fingerprint density at radius 3 is 2.73 bits per heavy atom. The number of carbonyl (C=O) groups is 1. The Bertz CT molecular complexity index is 528. The van der Waals surface area contributed by atoms with Gasteiger partial charge in [-0.2, -0.15) is 0 Å². The predicted molar refractivity (Wildman–Crippen MR) is 83.3 cm³/mol. The van der Waals surface area contributed by atoms with Crippen molar-refractivity contribution in [2.75, 3.05) is 26.2 Å². The van der Waals surface area contributed by atoms with Crippen LogP contribution in [0.2, 0.25) is 0 Å². The zero-order valence-corrected chi connectivity index (χ0v) is 13.2. The fourth-order valence-corrected chi connectivity index (χ4v) is 3.20. The van der Waals surface area contributed by atoms with Crippen molar-refractivity contribution < 1.29 is 9.18 Å². The van der Waals surface area contributed by atoms with E-state index in [0.29, 0.717) is 18.7 Å². The SMILES string of the molecule is CC1CCN(Cc2cccc(C(=O)N3CCC(F)C3)n2)CC1. The maximum atomic E-state index is 13.2. The molecule has 0 spiro atoms. The highest BCUT2D eigenvalue weighted by molar-refractivity contribution is 5.92. The van der Waals surface area contributed by atoms with Crippen LogP contribution in [-0.4, -0.2) is 53.0 Å². The molecule has 1 aromatic heterocycles. The van der Waals surface area contributed by atoms with E-state index in [1.807, 2.05) is 12.1 Å². The van der Waals surface area contributed by atoms with E-state index in [0.717, 1.165) is 31.2 Å². The highest BCUT2D eigenvalue weighted by atomic mass is 19.1. The zero-order valence-electron chi connectivity index (χ0n) is 13.2. The fourth-order valence-electron chi connectivity index (χ4n) is 3.20. The number of hydrogen-bond acceptors (Lipinski definition) is 3. The first kappa shape index (κ1) is 15.4. The van der Waals surface area contributed by atoms with Gasteiger partial charge in [0.05, 0.1) is 12.2 Å². The summed E-state index contributed by atoms with van der Waals surface area (Å²) < 4.78 is 13.2. The van der Waals surface area contributed by atoms with E-state index in [1.54, 1.807) is 11.0 Å². The molecule has 4 nitrogen and oxygen atoms in total. The first-order valence-corrected chi connectivity index (χ1v) is 8.23. The number of carbonyl (C=O) groups excluding carboxylic acids is 1. The molecule has 0 aliphatic carbocycles. The third kappa shape index (κ3) is 3.64. The molecule has 3 rings (SSSR count). The molecule has 0 radical (unpaired) electrons. The molecule has 1 atom stereocenters. The number of alkyl halides is 1. The number of amides is 1. The van der Waals surface area contributed by atoms with Crippen LogP contribution < -0.4 is 0 Å². The molecule has 22 heavy (non-hydrogen) atoms. The highest BCUT2D eigenvalue weighted by Crippen LogP contribution is 2.18. The summed E-state index contributed by atoms with van der Waals surface area (Å²) in [6.45, 7) is 5.97. The molecule has 1 amide bonds. The van der Waals surface area contributed by atoms with Gasteiger partial charge in [0.2, 0.25) is 0 Å². The smallest absolute Gasteiger partial charge is 0.272 e. The van der Waals surface area contributed by atoms with Crippen LogP contribution >= 0.6 is 0 Å². The molecule has 0 bridgehead atoms. The number of likely N-dealkylation sites (tertiary alicyclic amines) is 2. The minimum atomic E-state index is -0.887. The maximum Gasteiger partial charge on any atom is 0.272 e. The van der Waals surface area contributed by atoms with Crippen molar-refractivity contribution in [2.24, 2.45) is 5.92 Å². The van der Waals surface area contributed by atoms with E-state index in [-0.39, 0.29) is 12.5 Å². The number of aromatic nitrogens is 1. The van der Waals surface area contributed by atoms with Crippen LogP contribution in [0.5, 0.6) is 0 Å². The second-order valence-corrected chi connectivity index (χ2v) is 6.61. The van der Waals surface area contributed by atoms with Crippen LogP contribution in [0.4, 0.5) is 4.39 Å². The van der Waals surface area contributed by atoms with E-state index < -0.39 is 6.17 Å². The minimum Gasteiger partial charge on any atom is -0.334 e. The molecular formula is C17H24FN3O. The number of pyridine rings is 1. The van der Waals surface area contributed by atoms with Gasteiger partial charge in [-0.3, -0.25) is 9.69 Å². The molecule has 2 fully saturated rings. The molecule has 2 aliphatic rings. The average Bonchev–Trinajstić information content (AvgIpc) is 2.96. The Labute approximate surface area is 131 Å². The van der Waals surface area contributed by atoms with Crippen LogP contribution in [-0.2, 0) is 6.54 Å². The summed E-state index contributed by atoms with van der Waals surface area (Å²) in [4.78, 5) is 20.8. The molecule has 3 heterocycles. The third-order valence-corrected chi connectivity index (χ3v) is 4.71. The maximum absolute atomic E-state index is 13.2. The van der Waals surface area contributed by atoms with Crippen LogP contribution in [0.25, 0.3) is 0 Å². The van der Waals surface area contributed by atoms with Crippen molar-refractivity contribution in [3.8, 4) is 0 Å². The van der Waals surface area contributed by atoms with Gasteiger partial charge < -0.3 is 4.90 Å². The Morgan fingerprint density at radius 2 is 2.05 bits per heavy atom. The van der Waals surface area contributed by atoms with E-state index in [2.05, 4.69) is 16.8 Å². The summed E-state index contributed by atoms with van der Waals surface area (Å²) in [5.74, 6) is 0.662. The quantitative estimate of drug-likeness (QED) is 0.861. The van der Waals surface area contributed by atoms with E-state index in [4.69, 9.17) is 0 Å². The standard InChI is InChI=1S/C17H24FN3O/c1-13-5-8-20(9-6-13)12-15-3-2-4-16(19-15)17(22)21-10-7-14(18)11-21/h2-4,13-14H,5-12H2,1H3. The molecular weight excluding hydrogens is 281 g/mol. The molecule has 2 saturated heterocycles. The van der Waals surface area contributed by atoms with E-state index in [1.165, 1.54) is 12.8 Å². The molecule has 5 heteroatoms. The molecule has 0 saturated carbocycles. The van der Waals surface area contributed by atoms with Crippen molar-refractivity contribution in [1.82, 2.24) is 14.8 Å². The lowest BCUT2D eigenvalue weighted by Crippen LogP contribution is -2.33. The van der Waals surface area contributed by atoms with Gasteiger partial charge in [-0.15, -0.1) is 0 Å². The van der Waals surface area contributed by atoms with Gasteiger partial charge in [-0.05, 0) is 50.4 Å². The monoisotopic (exact) mass is 305 g/mol. The normalized spacial score (nSPS) is 23.9. The van der Waals surface area contributed by atoms with Crippen LogP contribution in [0, 0.1) is 5.92 Å². The van der Waals surface area contributed by atoms with Gasteiger partial charge in [0, 0.05) is 13.1 Å². The molecule has 120 valence electrons. The molecule has 0 aromatic carbocycles. The number of nitrogens with zero attached hydrogens (tertiary/aromatic N) is 3. The molecule has 1 unspecified atom stereocenters. The summed E-state index contributed by atoms with van der Waals surface area (Å²) in [7, 11) is 0. The Balaban J connectivity index is 1.63. The number of piperidine rings is 1. The first-order valence-electron chi connectivity index (χ1n) is 8.23. The van der Waals surface area contributed by atoms with E-state index in [9.17, 15) is 9.18 Å². The molecule has 1 aromatic rings. The van der Waals surface area contributed by atoms with Crippen molar-refractivity contribution in [2.45, 2.75) is 38.9 Å². The topological polar surface area (TPSA) is 36.4 Å². The fraction of sp³-hybridized carbons (Fsp3) is 0.647. The summed E-state index contributed by atoms with van der Waals surface area (Å²) in [5.41, 5.74) is 1.37. The largest absolute Gasteiger partial charge is 0.334 e. The van der Waals surface area contributed by atoms with E-state index >= 15 is 0 Å². The van der Waals surface area contributed by atoms with Crippen LogP contribution in [0.15, 0.2) is 18.2 Å². The predicted octanol–water partition coefficient (Wildman–Crippen LogP) is 2.50. The third-order valence-electron chi connectivity index (χ3n) is 4.71. The Morgan fingerprint density at radius 1 is 1.27 bits per heavy atom. The van der Waals surface area contributed by atoms with Crippen LogP contribution in [0.1, 0.15) is 42.4 Å². The average molecular weight is 305 g/mol. The lowest BCUT2D eigenvalue weighted by molar-refractivity contribution is 0.0776. The summed E-state index contributed by atoms with van der Waals surface area (Å²) in [5, 5.41) is 0. The van der Waals surface area contributed by atoms with Crippen LogP contribution in [0.3, 0.4) is 0 Å². The van der Waals surface area contributed by atoms with Gasteiger partial charge in [0.1, 0.15) is 11.9 Å². The lowest BCUT2D eigenvalue weighted by Gasteiger charge is -2.29. The summed E-state index contributed by atoms with van der Waals surface area (Å²) in [6.07, 6.45) is 2.01. The first-order chi connectivity index (χ1) is 10.6. The summed E-state index contributed by atoms with van der Waals surface area (Å²) in [6, 6.07) is 5.58. The Hall–Kier alpha value is -1.49. The number of rotatable bonds is 3. The number of halogens is 1. The van der Waals surface area contributed by atoms with Gasteiger partial charge in [0.15, 0.2) is 0 Å². The van der Waals surface area contributed by atoms with Crippen molar-refractivity contribution in [3.63, 3.8) is 0 Å². The van der Waals surface area contributed by atoms with Crippen molar-refractivity contribution >= 4 is 5.91 Å².